The monoisotopic (exact) mass is 384 g/mol. The average Bonchev–Trinajstić information content (AvgIpc) is 3.09. The first-order chi connectivity index (χ1) is 11.6. The van der Waals surface area contributed by atoms with Gasteiger partial charge in [-0.15, -0.1) is 11.8 Å². The van der Waals surface area contributed by atoms with Crippen LogP contribution in [0.5, 0.6) is 0 Å². The molecule has 2 amide bonds. The third-order valence-electron chi connectivity index (χ3n) is 4.36. The number of carbonyl (C=O) groups excluding carboxylic acids is 2. The molecule has 0 bridgehead atoms. The van der Waals surface area contributed by atoms with Crippen molar-refractivity contribution in [1.82, 2.24) is 10.2 Å². The van der Waals surface area contributed by atoms with Gasteiger partial charge in [0, 0.05) is 4.75 Å². The Morgan fingerprint density at radius 2 is 2.00 bits per heavy atom. The topological polar surface area (TPSA) is 124 Å². The van der Waals surface area contributed by atoms with Gasteiger partial charge in [0.2, 0.25) is 11.8 Å². The first-order valence-corrected chi connectivity index (χ1v) is 9.25. The Kier molecular flexibility index (Phi) is 4.28. The van der Waals surface area contributed by atoms with E-state index in [0.717, 1.165) is 0 Å². The molecule has 0 saturated carbocycles. The van der Waals surface area contributed by atoms with Crippen LogP contribution in [-0.2, 0) is 19.2 Å². The summed E-state index contributed by atoms with van der Waals surface area (Å²) in [6.07, 6.45) is 0. The lowest BCUT2D eigenvalue weighted by Gasteiger charge is -2.43. The Labute approximate surface area is 151 Å². The van der Waals surface area contributed by atoms with Gasteiger partial charge >= 0.3 is 11.9 Å². The van der Waals surface area contributed by atoms with E-state index < -0.39 is 51.9 Å². The Morgan fingerprint density at radius 1 is 1.32 bits per heavy atom. The standard InChI is InChI=1S/C15H16N2O6S2/c1-15(2)9(14(22)23)17-11(19)8(12(17)25-15)16-10(18)7(13(20)21)6-3-4-24-5-6/h3-5,7-9,12H,1-2H3,(H,16,18)(H,20,21)(H,22,23)/t7-,8-,9-,12+/m1/s1. The van der Waals surface area contributed by atoms with Crippen LogP contribution in [0.15, 0.2) is 16.8 Å². The summed E-state index contributed by atoms with van der Waals surface area (Å²) in [4.78, 5) is 48.9. The van der Waals surface area contributed by atoms with Gasteiger partial charge in [-0.1, -0.05) is 0 Å². The van der Waals surface area contributed by atoms with Crippen LogP contribution in [-0.4, -0.2) is 61.1 Å². The third kappa shape index (κ3) is 2.78. The Bertz CT molecular complexity index is 747. The van der Waals surface area contributed by atoms with Gasteiger partial charge in [0.15, 0.2) is 5.92 Å². The predicted molar refractivity (Wildman–Crippen MR) is 90.4 cm³/mol. The number of aliphatic carboxylic acids is 2. The molecule has 2 fully saturated rings. The van der Waals surface area contributed by atoms with Crippen LogP contribution < -0.4 is 5.32 Å². The molecule has 8 nitrogen and oxygen atoms in total. The van der Waals surface area contributed by atoms with Crippen molar-refractivity contribution in [2.75, 3.05) is 0 Å². The Morgan fingerprint density at radius 3 is 2.52 bits per heavy atom. The van der Waals surface area contributed by atoms with Crippen LogP contribution in [0.2, 0.25) is 0 Å². The fraction of sp³-hybridized carbons (Fsp3) is 0.467. The number of nitrogens with zero attached hydrogens (tertiary/aromatic N) is 1. The number of carboxylic acids is 2. The highest BCUT2D eigenvalue weighted by molar-refractivity contribution is 8.01. The number of carbonyl (C=O) groups is 4. The minimum Gasteiger partial charge on any atom is -0.480 e. The predicted octanol–water partition coefficient (Wildman–Crippen LogP) is 0.548. The van der Waals surface area contributed by atoms with E-state index in [0.29, 0.717) is 5.56 Å². The quantitative estimate of drug-likeness (QED) is 0.500. The lowest BCUT2D eigenvalue weighted by molar-refractivity contribution is -0.161. The fourth-order valence-electron chi connectivity index (χ4n) is 3.23. The highest BCUT2D eigenvalue weighted by Crippen LogP contribution is 2.50. The first-order valence-electron chi connectivity index (χ1n) is 7.43. The number of fused-ring (bicyclic) bond motifs is 1. The molecule has 2 aliphatic rings. The highest BCUT2D eigenvalue weighted by Gasteiger charge is 2.64. The van der Waals surface area contributed by atoms with Crippen molar-refractivity contribution in [2.45, 2.75) is 42.0 Å². The molecule has 0 spiro atoms. The maximum atomic E-state index is 12.4. The summed E-state index contributed by atoms with van der Waals surface area (Å²) in [6.45, 7) is 3.46. The summed E-state index contributed by atoms with van der Waals surface area (Å²) < 4.78 is -0.703. The van der Waals surface area contributed by atoms with Crippen LogP contribution >= 0.6 is 23.1 Å². The molecule has 2 saturated heterocycles. The molecule has 10 heteroatoms. The van der Waals surface area contributed by atoms with E-state index in [-0.39, 0.29) is 0 Å². The van der Waals surface area contributed by atoms with Gasteiger partial charge in [0.05, 0.1) is 0 Å². The maximum absolute atomic E-state index is 12.4. The van der Waals surface area contributed by atoms with E-state index in [1.54, 1.807) is 30.7 Å². The number of β-lactam (4-membered cyclic amide) rings is 1. The first kappa shape index (κ1) is 17.7. The molecule has 1 aromatic rings. The Balaban J connectivity index is 1.77. The molecule has 1 aromatic heterocycles. The van der Waals surface area contributed by atoms with E-state index in [2.05, 4.69) is 5.32 Å². The van der Waals surface area contributed by atoms with Crippen molar-refractivity contribution in [3.63, 3.8) is 0 Å². The zero-order valence-corrected chi connectivity index (χ0v) is 15.0. The summed E-state index contributed by atoms with van der Waals surface area (Å²) in [5.74, 6) is -5.08. The molecule has 0 aromatic carbocycles. The minimum atomic E-state index is -1.40. The van der Waals surface area contributed by atoms with Crippen molar-refractivity contribution in [3.05, 3.63) is 22.4 Å². The maximum Gasteiger partial charge on any atom is 0.327 e. The number of rotatable bonds is 5. The number of carboxylic acid groups (broad SMARTS) is 2. The average molecular weight is 384 g/mol. The van der Waals surface area contributed by atoms with Crippen LogP contribution in [0.4, 0.5) is 0 Å². The molecule has 2 aliphatic heterocycles. The molecular weight excluding hydrogens is 368 g/mol. The second-order valence-electron chi connectivity index (χ2n) is 6.41. The number of amides is 2. The lowest BCUT2D eigenvalue weighted by Crippen LogP contribution is -2.71. The Hall–Kier alpha value is -2.07. The molecule has 25 heavy (non-hydrogen) atoms. The molecule has 0 unspecified atom stereocenters. The van der Waals surface area contributed by atoms with E-state index in [9.17, 15) is 29.4 Å². The number of thiophene rings is 1. The second-order valence-corrected chi connectivity index (χ2v) is 8.96. The van der Waals surface area contributed by atoms with Crippen molar-refractivity contribution in [3.8, 4) is 0 Å². The van der Waals surface area contributed by atoms with Crippen LogP contribution in [0.25, 0.3) is 0 Å². The van der Waals surface area contributed by atoms with Crippen molar-refractivity contribution in [2.24, 2.45) is 0 Å². The molecule has 3 heterocycles. The van der Waals surface area contributed by atoms with Gasteiger partial charge in [-0.2, -0.15) is 11.3 Å². The van der Waals surface area contributed by atoms with Gasteiger partial charge in [0.25, 0.3) is 0 Å². The molecule has 3 N–H and O–H groups in total. The molecule has 0 aliphatic carbocycles. The third-order valence-corrected chi connectivity index (χ3v) is 6.63. The number of nitrogens with one attached hydrogen (secondary N) is 1. The zero-order chi connectivity index (χ0) is 18.5. The smallest absolute Gasteiger partial charge is 0.327 e. The molecule has 3 rings (SSSR count). The van der Waals surface area contributed by atoms with Gasteiger partial charge in [0.1, 0.15) is 17.5 Å². The zero-order valence-electron chi connectivity index (χ0n) is 13.3. The van der Waals surface area contributed by atoms with Crippen molar-refractivity contribution >= 4 is 46.9 Å². The van der Waals surface area contributed by atoms with E-state index >= 15 is 0 Å². The second kappa shape index (κ2) is 6.03. The van der Waals surface area contributed by atoms with Crippen LogP contribution in [0.3, 0.4) is 0 Å². The highest BCUT2D eigenvalue weighted by atomic mass is 32.2. The number of thioether (sulfide) groups is 1. The molecular formula is C15H16N2O6S2. The fourth-order valence-corrected chi connectivity index (χ4v) is 5.54. The van der Waals surface area contributed by atoms with Crippen LogP contribution in [0, 0.1) is 0 Å². The van der Waals surface area contributed by atoms with Crippen molar-refractivity contribution < 1.29 is 29.4 Å². The van der Waals surface area contributed by atoms with Crippen molar-refractivity contribution in [1.29, 1.82) is 0 Å². The summed E-state index contributed by atoms with van der Waals surface area (Å²) in [6, 6.07) is -0.344. The molecule has 134 valence electrons. The lowest BCUT2D eigenvalue weighted by atomic mass is 9.95. The molecule has 0 radical (unpaired) electrons. The summed E-state index contributed by atoms with van der Waals surface area (Å²) in [5, 5.41) is 23.9. The normalized spacial score (nSPS) is 28.0. The van der Waals surface area contributed by atoms with E-state index in [4.69, 9.17) is 0 Å². The minimum absolute atomic E-state index is 0.349. The van der Waals surface area contributed by atoms with Gasteiger partial charge < -0.3 is 20.4 Å². The van der Waals surface area contributed by atoms with Crippen LogP contribution in [0.1, 0.15) is 25.3 Å². The number of hydrogen-bond donors (Lipinski definition) is 3. The SMILES string of the molecule is CC1(C)S[C@H]2[C@H](NC(=O)[C@H](C(=O)O)c3ccsc3)C(=O)N2[C@@H]1C(=O)O. The summed E-state index contributed by atoms with van der Waals surface area (Å²) in [7, 11) is 0. The summed E-state index contributed by atoms with van der Waals surface area (Å²) >= 11 is 2.56. The summed E-state index contributed by atoms with van der Waals surface area (Å²) in [5.41, 5.74) is 0.349. The van der Waals surface area contributed by atoms with E-state index in [1.165, 1.54) is 28.0 Å². The van der Waals surface area contributed by atoms with E-state index in [1.807, 2.05) is 0 Å². The number of hydrogen-bond acceptors (Lipinski definition) is 6. The van der Waals surface area contributed by atoms with Gasteiger partial charge in [-0.05, 0) is 36.2 Å². The largest absolute Gasteiger partial charge is 0.480 e. The molecule has 4 atom stereocenters. The van der Waals surface area contributed by atoms with Gasteiger partial charge in [-0.25, -0.2) is 4.79 Å². The van der Waals surface area contributed by atoms with Gasteiger partial charge in [-0.3, -0.25) is 14.4 Å².